The van der Waals surface area contributed by atoms with Crippen molar-refractivity contribution in [1.29, 1.82) is 0 Å². The molecule has 0 aromatic heterocycles. The maximum atomic E-state index is 9.85. The van der Waals surface area contributed by atoms with E-state index in [4.69, 9.17) is 4.74 Å². The maximum Gasteiger partial charge on any atom is 0.119 e. The van der Waals surface area contributed by atoms with Crippen molar-refractivity contribution >= 4 is 11.1 Å². The van der Waals surface area contributed by atoms with Crippen LogP contribution in [-0.4, -0.2) is 48.0 Å². The predicted molar refractivity (Wildman–Crippen MR) is 139 cm³/mol. The van der Waals surface area contributed by atoms with Crippen LogP contribution in [0, 0.1) is 0 Å². The number of aliphatic hydroxyl groups excluding tert-OH is 1. The van der Waals surface area contributed by atoms with Crippen molar-refractivity contribution in [2.75, 3.05) is 26.8 Å². The van der Waals surface area contributed by atoms with Crippen LogP contribution in [0.2, 0.25) is 0 Å². The van der Waals surface area contributed by atoms with Gasteiger partial charge in [-0.3, -0.25) is 0 Å². The number of hydrogen-bond acceptors (Lipinski definition) is 4. The number of aromatic hydroxyl groups is 1. The summed E-state index contributed by atoms with van der Waals surface area (Å²) in [5.41, 5.74) is 5.55. The van der Waals surface area contributed by atoms with Crippen LogP contribution < -0.4 is 4.74 Å². The van der Waals surface area contributed by atoms with E-state index in [0.29, 0.717) is 12.5 Å². The Hall–Kier alpha value is -3.08. The van der Waals surface area contributed by atoms with Crippen LogP contribution in [0.25, 0.3) is 11.1 Å². The molecule has 0 saturated carbocycles. The third-order valence-electron chi connectivity index (χ3n) is 6.70. The second-order valence-electron chi connectivity index (χ2n) is 9.03. The molecule has 1 aliphatic rings. The molecule has 2 N–H and O–H groups in total. The fourth-order valence-corrected chi connectivity index (χ4v) is 4.83. The minimum Gasteiger partial charge on any atom is -0.508 e. The third-order valence-corrected chi connectivity index (χ3v) is 6.70. The predicted octanol–water partition coefficient (Wildman–Crippen LogP) is 5.99. The number of phenolic OH excluding ortho intramolecular Hbond substituents is 1. The Balaban J connectivity index is 1.63. The molecule has 1 fully saturated rings. The number of likely N-dealkylation sites (tertiary alicyclic amines) is 1. The zero-order valence-corrected chi connectivity index (χ0v) is 20.0. The minimum absolute atomic E-state index is 0.141. The van der Waals surface area contributed by atoms with Gasteiger partial charge in [0.1, 0.15) is 11.5 Å². The average molecular weight is 458 g/mol. The Bertz CT molecular complexity index is 1060. The molecule has 178 valence electrons. The van der Waals surface area contributed by atoms with Gasteiger partial charge in [-0.2, -0.15) is 0 Å². The highest BCUT2D eigenvalue weighted by Crippen LogP contribution is 2.36. The van der Waals surface area contributed by atoms with Gasteiger partial charge in [0, 0.05) is 12.6 Å². The Morgan fingerprint density at radius 1 is 0.912 bits per heavy atom. The summed E-state index contributed by atoms with van der Waals surface area (Å²) in [7, 11) is 2.20. The highest BCUT2D eigenvalue weighted by molar-refractivity contribution is 5.98. The molecule has 0 bridgehead atoms. The normalized spacial score (nSPS) is 16.9. The van der Waals surface area contributed by atoms with Gasteiger partial charge in [0.15, 0.2) is 0 Å². The lowest BCUT2D eigenvalue weighted by atomic mass is 9.87. The number of ether oxygens (including phenoxy) is 1. The van der Waals surface area contributed by atoms with Crippen LogP contribution in [0.1, 0.15) is 48.8 Å². The van der Waals surface area contributed by atoms with E-state index in [9.17, 15) is 10.2 Å². The molecule has 1 atom stereocenters. The van der Waals surface area contributed by atoms with E-state index in [1.165, 1.54) is 25.0 Å². The van der Waals surface area contributed by atoms with Crippen LogP contribution >= 0.6 is 0 Å². The highest BCUT2D eigenvalue weighted by Gasteiger charge is 2.20. The van der Waals surface area contributed by atoms with Crippen molar-refractivity contribution in [3.63, 3.8) is 0 Å². The number of allylic oxidation sites excluding steroid dienone is 1. The van der Waals surface area contributed by atoms with Gasteiger partial charge in [0.05, 0.1) is 6.61 Å². The largest absolute Gasteiger partial charge is 0.508 e. The standard InChI is InChI=1S/C30H35NO3/c1-31-20-5-9-26(31)19-22-34-28-17-13-25(14-18-28)30(24-11-15-27(33)16-12-24)29(10-6-21-32)23-7-3-2-4-8-23/h2-4,7-8,11-18,26,32-33H,5-6,9-10,19-22H2,1H3/t26-/m0/s1. The second kappa shape index (κ2) is 11.9. The summed E-state index contributed by atoms with van der Waals surface area (Å²) < 4.78 is 6.07. The summed E-state index contributed by atoms with van der Waals surface area (Å²) >= 11 is 0. The first kappa shape index (κ1) is 24.1. The maximum absolute atomic E-state index is 9.85. The Labute approximate surface area is 203 Å². The topological polar surface area (TPSA) is 52.9 Å². The monoisotopic (exact) mass is 457 g/mol. The molecule has 3 aromatic carbocycles. The first-order valence-corrected chi connectivity index (χ1v) is 12.3. The Morgan fingerprint density at radius 2 is 1.59 bits per heavy atom. The van der Waals surface area contributed by atoms with Crippen LogP contribution in [0.3, 0.4) is 0 Å². The molecule has 0 aliphatic carbocycles. The van der Waals surface area contributed by atoms with Gasteiger partial charge in [0.25, 0.3) is 0 Å². The summed E-state index contributed by atoms with van der Waals surface area (Å²) in [6.07, 6.45) is 5.03. The molecule has 1 heterocycles. The van der Waals surface area contributed by atoms with Gasteiger partial charge < -0.3 is 19.8 Å². The molecule has 1 aliphatic heterocycles. The summed E-state index contributed by atoms with van der Waals surface area (Å²) in [6, 6.07) is 26.6. The summed E-state index contributed by atoms with van der Waals surface area (Å²) in [5, 5.41) is 19.4. The van der Waals surface area contributed by atoms with Gasteiger partial charge in [-0.1, -0.05) is 54.6 Å². The molecule has 4 nitrogen and oxygen atoms in total. The lowest BCUT2D eigenvalue weighted by Crippen LogP contribution is -2.26. The van der Waals surface area contributed by atoms with Crippen molar-refractivity contribution in [3.8, 4) is 11.5 Å². The van der Waals surface area contributed by atoms with Gasteiger partial charge in [-0.25, -0.2) is 0 Å². The molecule has 0 spiro atoms. The zero-order valence-electron chi connectivity index (χ0n) is 20.0. The van der Waals surface area contributed by atoms with Crippen molar-refractivity contribution in [2.45, 2.75) is 38.1 Å². The first-order valence-electron chi connectivity index (χ1n) is 12.3. The zero-order chi connectivity index (χ0) is 23.8. The third kappa shape index (κ3) is 6.07. The van der Waals surface area contributed by atoms with E-state index in [-0.39, 0.29) is 12.4 Å². The fourth-order valence-electron chi connectivity index (χ4n) is 4.83. The first-order chi connectivity index (χ1) is 16.7. The smallest absolute Gasteiger partial charge is 0.119 e. The lowest BCUT2D eigenvalue weighted by Gasteiger charge is -2.20. The summed E-state index contributed by atoms with van der Waals surface area (Å²) in [5.74, 6) is 1.13. The van der Waals surface area contributed by atoms with Crippen LogP contribution in [0.5, 0.6) is 11.5 Å². The Kier molecular flexibility index (Phi) is 8.40. The quantitative estimate of drug-likeness (QED) is 0.367. The van der Waals surface area contributed by atoms with Crippen LogP contribution in [-0.2, 0) is 0 Å². The molecule has 0 radical (unpaired) electrons. The lowest BCUT2D eigenvalue weighted by molar-refractivity contribution is 0.233. The molecule has 3 aromatic rings. The van der Waals surface area contributed by atoms with E-state index in [0.717, 1.165) is 47.5 Å². The number of benzene rings is 3. The molecule has 1 saturated heterocycles. The molecule has 0 amide bonds. The van der Waals surface area contributed by atoms with Crippen molar-refractivity contribution in [2.24, 2.45) is 0 Å². The number of rotatable bonds is 10. The molecule has 0 unspecified atom stereocenters. The van der Waals surface area contributed by atoms with E-state index in [1.807, 2.05) is 42.5 Å². The van der Waals surface area contributed by atoms with E-state index < -0.39 is 0 Å². The fraction of sp³-hybridized carbons (Fsp3) is 0.333. The minimum atomic E-state index is 0.141. The van der Waals surface area contributed by atoms with Gasteiger partial charge in [-0.05, 0) is 97.8 Å². The summed E-state index contributed by atoms with van der Waals surface area (Å²) in [6.45, 7) is 2.05. The van der Waals surface area contributed by atoms with Crippen LogP contribution in [0.15, 0.2) is 78.9 Å². The average Bonchev–Trinajstić information content (AvgIpc) is 3.28. The molecule has 4 heteroatoms. The van der Waals surface area contributed by atoms with E-state index >= 15 is 0 Å². The van der Waals surface area contributed by atoms with Crippen LogP contribution in [0.4, 0.5) is 0 Å². The summed E-state index contributed by atoms with van der Waals surface area (Å²) in [4.78, 5) is 2.43. The molecular weight excluding hydrogens is 422 g/mol. The number of hydrogen-bond donors (Lipinski definition) is 2. The van der Waals surface area contributed by atoms with Gasteiger partial charge in [0.2, 0.25) is 0 Å². The second-order valence-corrected chi connectivity index (χ2v) is 9.03. The number of aliphatic hydroxyl groups is 1. The van der Waals surface area contributed by atoms with E-state index in [1.54, 1.807) is 12.1 Å². The SMILES string of the molecule is CN1CCC[C@H]1CCOc1ccc(C(=C(CCCO)c2ccccc2)c2ccc(O)cc2)cc1. The van der Waals surface area contributed by atoms with Crippen molar-refractivity contribution < 1.29 is 14.9 Å². The number of nitrogens with zero attached hydrogens (tertiary/aromatic N) is 1. The van der Waals surface area contributed by atoms with Crippen molar-refractivity contribution in [3.05, 3.63) is 95.6 Å². The van der Waals surface area contributed by atoms with E-state index in [2.05, 4.69) is 36.2 Å². The molecule has 34 heavy (non-hydrogen) atoms. The number of phenols is 1. The highest BCUT2D eigenvalue weighted by atomic mass is 16.5. The molecular formula is C30H35NO3. The molecule has 4 rings (SSSR count). The van der Waals surface area contributed by atoms with Gasteiger partial charge in [-0.15, -0.1) is 0 Å². The van der Waals surface area contributed by atoms with Crippen molar-refractivity contribution in [1.82, 2.24) is 4.90 Å². The Morgan fingerprint density at radius 3 is 2.21 bits per heavy atom. The van der Waals surface area contributed by atoms with Gasteiger partial charge >= 0.3 is 0 Å².